The van der Waals surface area contributed by atoms with E-state index in [9.17, 15) is 5.11 Å². The van der Waals surface area contributed by atoms with Crippen LogP contribution in [0.25, 0.3) is 21.9 Å². The average Bonchev–Trinajstić information content (AvgIpc) is 2.92. The summed E-state index contributed by atoms with van der Waals surface area (Å²) in [6.07, 6.45) is 1.52. The van der Waals surface area contributed by atoms with Gasteiger partial charge in [-0.2, -0.15) is 0 Å². The Hall–Kier alpha value is -2.18. The van der Waals surface area contributed by atoms with Gasteiger partial charge in [0, 0.05) is 12.0 Å². The number of rotatable bonds is 5. The molecule has 0 bridgehead atoms. The number of fused-ring (bicyclic) bond motifs is 3. The maximum absolute atomic E-state index is 10.8. The first kappa shape index (κ1) is 16.7. The number of aliphatic hydroxyl groups is 1. The van der Waals surface area contributed by atoms with Gasteiger partial charge in [0.2, 0.25) is 0 Å². The van der Waals surface area contributed by atoms with Crippen molar-refractivity contribution >= 4 is 27.8 Å². The molecule has 0 aliphatic rings. The molecule has 2 heterocycles. The van der Waals surface area contributed by atoms with E-state index in [-0.39, 0.29) is 12.1 Å². The zero-order valence-electron chi connectivity index (χ0n) is 14.5. The number of nitrogens with two attached hydrogens (primary N) is 1. The maximum atomic E-state index is 10.8. The summed E-state index contributed by atoms with van der Waals surface area (Å²) in [4.78, 5) is 8.88. The average molecular weight is 328 g/mol. The zero-order chi connectivity index (χ0) is 17.5. The number of imidazole rings is 1. The van der Waals surface area contributed by atoms with Crippen LogP contribution in [0.1, 0.15) is 33.7 Å². The van der Waals surface area contributed by atoms with Crippen molar-refractivity contribution in [2.75, 3.05) is 12.3 Å². The molecule has 0 amide bonds. The van der Waals surface area contributed by atoms with Crippen molar-refractivity contribution in [3.8, 4) is 0 Å². The summed E-state index contributed by atoms with van der Waals surface area (Å²) in [5.74, 6) is 0.390. The minimum absolute atomic E-state index is 0.194. The molecule has 1 unspecified atom stereocenters. The number of aromatic nitrogens is 3. The quantitative estimate of drug-likeness (QED) is 0.752. The van der Waals surface area contributed by atoms with Crippen LogP contribution in [0.4, 0.5) is 5.82 Å². The van der Waals surface area contributed by atoms with Crippen LogP contribution in [-0.2, 0) is 4.74 Å². The Morgan fingerprint density at radius 2 is 2.04 bits per heavy atom. The van der Waals surface area contributed by atoms with Crippen molar-refractivity contribution in [3.05, 3.63) is 30.6 Å². The molecule has 3 rings (SSSR count). The number of ether oxygens (including phenoxy) is 1. The van der Waals surface area contributed by atoms with Gasteiger partial charge >= 0.3 is 0 Å². The normalized spacial score (nSPS) is 15.0. The number of pyridine rings is 1. The number of benzene rings is 1. The lowest BCUT2D eigenvalue weighted by Crippen LogP contribution is -2.41. The van der Waals surface area contributed by atoms with Crippen LogP contribution in [0.15, 0.2) is 30.6 Å². The first-order chi connectivity index (χ1) is 11.3. The van der Waals surface area contributed by atoms with Gasteiger partial charge in [-0.05, 0) is 33.8 Å². The summed E-state index contributed by atoms with van der Waals surface area (Å²) in [5.41, 5.74) is 7.43. The van der Waals surface area contributed by atoms with Crippen LogP contribution in [-0.4, -0.2) is 38.0 Å². The van der Waals surface area contributed by atoms with E-state index in [2.05, 4.69) is 9.97 Å². The lowest BCUT2D eigenvalue weighted by Gasteiger charge is -2.35. The number of para-hydroxylation sites is 1. The number of anilines is 1. The van der Waals surface area contributed by atoms with E-state index in [1.807, 2.05) is 42.7 Å². The second-order valence-corrected chi connectivity index (χ2v) is 6.62. The molecule has 0 spiro atoms. The Labute approximate surface area is 141 Å². The van der Waals surface area contributed by atoms with Crippen molar-refractivity contribution in [2.24, 2.45) is 0 Å². The van der Waals surface area contributed by atoms with Crippen molar-refractivity contribution in [2.45, 2.75) is 45.4 Å². The predicted octanol–water partition coefficient (Wildman–Crippen LogP) is 2.90. The van der Waals surface area contributed by atoms with Gasteiger partial charge in [0.1, 0.15) is 5.52 Å². The SMILES string of the molecule is CCO[C@@H](C)C(n1cnc2c(N)nc3ccccc3c21)C(C)(C)O. The molecule has 0 saturated carbocycles. The van der Waals surface area contributed by atoms with E-state index in [1.165, 1.54) is 0 Å². The molecule has 0 saturated heterocycles. The van der Waals surface area contributed by atoms with E-state index in [1.54, 1.807) is 20.2 Å². The third-order valence-electron chi connectivity index (χ3n) is 4.33. The monoisotopic (exact) mass is 328 g/mol. The van der Waals surface area contributed by atoms with Crippen LogP contribution in [0, 0.1) is 0 Å². The van der Waals surface area contributed by atoms with Crippen LogP contribution in [0.5, 0.6) is 0 Å². The number of hydrogen-bond acceptors (Lipinski definition) is 5. The first-order valence-electron chi connectivity index (χ1n) is 8.19. The molecule has 2 atom stereocenters. The second-order valence-electron chi connectivity index (χ2n) is 6.62. The highest BCUT2D eigenvalue weighted by atomic mass is 16.5. The van der Waals surface area contributed by atoms with Gasteiger partial charge in [0.05, 0.1) is 35.1 Å². The third-order valence-corrected chi connectivity index (χ3v) is 4.33. The molecule has 1 aromatic carbocycles. The number of nitrogen functional groups attached to an aromatic ring is 1. The smallest absolute Gasteiger partial charge is 0.152 e. The summed E-state index contributed by atoms with van der Waals surface area (Å²) < 4.78 is 7.76. The maximum Gasteiger partial charge on any atom is 0.152 e. The Balaban J connectivity index is 2.32. The molecular formula is C18H24N4O2. The van der Waals surface area contributed by atoms with Crippen LogP contribution in [0.3, 0.4) is 0 Å². The molecule has 24 heavy (non-hydrogen) atoms. The van der Waals surface area contributed by atoms with Crippen molar-refractivity contribution in [3.63, 3.8) is 0 Å². The highest BCUT2D eigenvalue weighted by Crippen LogP contribution is 2.35. The summed E-state index contributed by atoms with van der Waals surface area (Å²) in [5, 5.41) is 11.7. The lowest BCUT2D eigenvalue weighted by atomic mass is 9.93. The minimum Gasteiger partial charge on any atom is -0.388 e. The molecular weight excluding hydrogens is 304 g/mol. The molecule has 3 N–H and O–H groups in total. The largest absolute Gasteiger partial charge is 0.388 e. The molecule has 3 aromatic rings. The van der Waals surface area contributed by atoms with Gasteiger partial charge < -0.3 is 20.1 Å². The highest BCUT2D eigenvalue weighted by molar-refractivity contribution is 6.06. The number of nitrogens with zero attached hydrogens (tertiary/aromatic N) is 3. The third kappa shape index (κ3) is 2.72. The van der Waals surface area contributed by atoms with Crippen LogP contribution < -0.4 is 5.73 Å². The topological polar surface area (TPSA) is 86.2 Å². The van der Waals surface area contributed by atoms with E-state index < -0.39 is 5.60 Å². The zero-order valence-corrected chi connectivity index (χ0v) is 14.5. The molecule has 128 valence electrons. The molecule has 0 fully saturated rings. The van der Waals surface area contributed by atoms with Gasteiger partial charge in [0.15, 0.2) is 5.82 Å². The summed E-state index contributed by atoms with van der Waals surface area (Å²) in [6, 6.07) is 7.50. The molecule has 6 nitrogen and oxygen atoms in total. The molecule has 2 aromatic heterocycles. The van der Waals surface area contributed by atoms with Gasteiger partial charge in [-0.1, -0.05) is 18.2 Å². The van der Waals surface area contributed by atoms with Gasteiger partial charge in [0.25, 0.3) is 0 Å². The lowest BCUT2D eigenvalue weighted by molar-refractivity contribution is -0.0573. The van der Waals surface area contributed by atoms with Gasteiger partial charge in [-0.15, -0.1) is 0 Å². The predicted molar refractivity (Wildman–Crippen MR) is 95.9 cm³/mol. The van der Waals surface area contributed by atoms with Crippen LogP contribution in [0.2, 0.25) is 0 Å². The molecule has 0 aliphatic carbocycles. The Morgan fingerprint density at radius 1 is 1.33 bits per heavy atom. The van der Waals surface area contributed by atoms with Crippen LogP contribution >= 0.6 is 0 Å². The van der Waals surface area contributed by atoms with E-state index >= 15 is 0 Å². The molecule has 0 radical (unpaired) electrons. The van der Waals surface area contributed by atoms with E-state index in [0.29, 0.717) is 17.9 Å². The summed E-state index contributed by atoms with van der Waals surface area (Å²) in [7, 11) is 0. The van der Waals surface area contributed by atoms with E-state index in [4.69, 9.17) is 10.5 Å². The Kier molecular flexibility index (Phi) is 4.19. The Morgan fingerprint density at radius 3 is 2.71 bits per heavy atom. The van der Waals surface area contributed by atoms with Crippen molar-refractivity contribution < 1.29 is 9.84 Å². The highest BCUT2D eigenvalue weighted by Gasteiger charge is 2.35. The minimum atomic E-state index is -0.999. The standard InChI is InChI=1S/C18H24N4O2/c1-5-24-11(2)16(18(3,4)23)22-10-20-14-15(22)12-8-6-7-9-13(12)21-17(14)19/h6-11,16,23H,5H2,1-4H3,(H2,19,21)/t11-,16?/m0/s1. The fourth-order valence-corrected chi connectivity index (χ4v) is 3.48. The fourth-order valence-electron chi connectivity index (χ4n) is 3.48. The molecule has 0 aliphatic heterocycles. The Bertz CT molecular complexity index is 866. The molecule has 6 heteroatoms. The second kappa shape index (κ2) is 6.03. The number of hydrogen-bond donors (Lipinski definition) is 2. The van der Waals surface area contributed by atoms with Crippen molar-refractivity contribution in [1.29, 1.82) is 0 Å². The van der Waals surface area contributed by atoms with Gasteiger partial charge in [-0.25, -0.2) is 9.97 Å². The fraction of sp³-hybridized carbons (Fsp3) is 0.444. The van der Waals surface area contributed by atoms with E-state index in [0.717, 1.165) is 16.4 Å². The summed E-state index contributed by atoms with van der Waals surface area (Å²) in [6.45, 7) is 8.05. The summed E-state index contributed by atoms with van der Waals surface area (Å²) >= 11 is 0. The van der Waals surface area contributed by atoms with Gasteiger partial charge in [-0.3, -0.25) is 0 Å². The first-order valence-corrected chi connectivity index (χ1v) is 8.19. The van der Waals surface area contributed by atoms with Crippen molar-refractivity contribution in [1.82, 2.24) is 14.5 Å².